The molecule has 104 valence electrons. The highest BCUT2D eigenvalue weighted by atomic mass is 16.5. The molecule has 1 aromatic heterocycles. The highest BCUT2D eigenvalue weighted by molar-refractivity contribution is 5.35. The molecule has 1 atom stereocenters. The van der Waals surface area contributed by atoms with Crippen molar-refractivity contribution >= 4 is 0 Å². The summed E-state index contributed by atoms with van der Waals surface area (Å²) in [6.45, 7) is 0. The molecule has 4 rings (SSSR count). The Kier molecular flexibility index (Phi) is 2.59. The number of nitrogens with one attached hydrogen (secondary N) is 1. The van der Waals surface area contributed by atoms with Gasteiger partial charge in [-0.2, -0.15) is 5.10 Å². The molecule has 1 spiro atoms. The minimum Gasteiger partial charge on any atom is -0.496 e. The quantitative estimate of drug-likeness (QED) is 0.928. The number of H-pyrrole nitrogens is 1. The van der Waals surface area contributed by atoms with Crippen molar-refractivity contribution in [2.24, 2.45) is 5.41 Å². The van der Waals surface area contributed by atoms with Gasteiger partial charge in [0, 0.05) is 17.9 Å². The summed E-state index contributed by atoms with van der Waals surface area (Å²) in [7, 11) is 1.70. The first-order valence-corrected chi connectivity index (χ1v) is 7.34. The molecule has 2 fully saturated rings. The van der Waals surface area contributed by atoms with E-state index >= 15 is 0 Å². The highest BCUT2D eigenvalue weighted by Crippen LogP contribution is 2.69. The van der Waals surface area contributed by atoms with Gasteiger partial charge >= 0.3 is 0 Å². The van der Waals surface area contributed by atoms with Crippen LogP contribution in [0.1, 0.15) is 48.8 Å². The lowest BCUT2D eigenvalue weighted by molar-refractivity contribution is 0.275. The van der Waals surface area contributed by atoms with E-state index in [-0.39, 0.29) is 0 Å². The second-order valence-corrected chi connectivity index (χ2v) is 6.10. The fraction of sp³-hybridized carbons (Fsp3) is 0.500. The van der Waals surface area contributed by atoms with Crippen molar-refractivity contribution in [2.45, 2.75) is 38.0 Å². The zero-order chi connectivity index (χ0) is 13.6. The number of rotatable bonds is 4. The van der Waals surface area contributed by atoms with Gasteiger partial charge in [0.25, 0.3) is 0 Å². The largest absolute Gasteiger partial charge is 0.496 e. The van der Waals surface area contributed by atoms with Crippen molar-refractivity contribution in [1.29, 1.82) is 0 Å². The molecule has 2 aromatic rings. The maximum Gasteiger partial charge on any atom is 0.154 e. The molecule has 1 N–H and O–H groups in total. The Bertz CT molecular complexity index is 630. The molecular formula is C16H19N3O. The number of methoxy groups -OCH3 is 1. The standard InChI is InChI=1S/C16H19N3O/c1-20-13-6-3-2-5-11(13)9-14-17-15(19-18-14)12-10-16(12)7-4-8-16/h2-3,5-6,12H,4,7-10H2,1H3,(H,17,18,19)/t12-/m1/s1. The van der Waals surface area contributed by atoms with Crippen LogP contribution in [-0.2, 0) is 6.42 Å². The zero-order valence-corrected chi connectivity index (χ0v) is 11.7. The first-order chi connectivity index (χ1) is 9.81. The average Bonchev–Trinajstić information content (AvgIpc) is 3.06. The summed E-state index contributed by atoms with van der Waals surface area (Å²) in [4.78, 5) is 4.70. The van der Waals surface area contributed by atoms with Crippen LogP contribution in [-0.4, -0.2) is 22.3 Å². The predicted molar refractivity (Wildman–Crippen MR) is 75.8 cm³/mol. The molecule has 0 aliphatic heterocycles. The third kappa shape index (κ3) is 1.82. The molecule has 4 nitrogen and oxygen atoms in total. The third-order valence-corrected chi connectivity index (χ3v) is 4.95. The van der Waals surface area contributed by atoms with Gasteiger partial charge in [-0.1, -0.05) is 24.6 Å². The molecule has 20 heavy (non-hydrogen) atoms. The van der Waals surface area contributed by atoms with Crippen LogP contribution in [0.2, 0.25) is 0 Å². The van der Waals surface area contributed by atoms with Gasteiger partial charge in [0.2, 0.25) is 0 Å². The summed E-state index contributed by atoms with van der Waals surface area (Å²) in [6.07, 6.45) is 6.16. The Morgan fingerprint density at radius 3 is 2.90 bits per heavy atom. The van der Waals surface area contributed by atoms with E-state index in [2.05, 4.69) is 16.3 Å². The van der Waals surface area contributed by atoms with Gasteiger partial charge in [-0.25, -0.2) is 4.98 Å². The van der Waals surface area contributed by atoms with Gasteiger partial charge in [-0.05, 0) is 30.7 Å². The number of para-hydroxylation sites is 1. The summed E-state index contributed by atoms with van der Waals surface area (Å²) in [5, 5.41) is 7.53. The summed E-state index contributed by atoms with van der Waals surface area (Å²) in [6, 6.07) is 8.07. The fourth-order valence-electron chi connectivity index (χ4n) is 3.47. The molecule has 2 saturated carbocycles. The molecule has 0 saturated heterocycles. The van der Waals surface area contributed by atoms with Crippen LogP contribution in [0.4, 0.5) is 0 Å². The van der Waals surface area contributed by atoms with E-state index < -0.39 is 0 Å². The van der Waals surface area contributed by atoms with Gasteiger partial charge in [0.05, 0.1) is 7.11 Å². The lowest BCUT2D eigenvalue weighted by Crippen LogP contribution is -2.14. The molecule has 0 bridgehead atoms. The van der Waals surface area contributed by atoms with E-state index in [4.69, 9.17) is 9.72 Å². The van der Waals surface area contributed by atoms with E-state index in [0.717, 1.165) is 29.4 Å². The molecule has 1 aromatic carbocycles. The van der Waals surface area contributed by atoms with Gasteiger partial charge in [-0.3, -0.25) is 5.10 Å². The average molecular weight is 269 g/mol. The van der Waals surface area contributed by atoms with Crippen LogP contribution in [0.5, 0.6) is 5.75 Å². The van der Waals surface area contributed by atoms with E-state index in [0.29, 0.717) is 11.3 Å². The van der Waals surface area contributed by atoms with E-state index in [1.165, 1.54) is 25.7 Å². The van der Waals surface area contributed by atoms with Gasteiger partial charge in [0.15, 0.2) is 5.82 Å². The monoisotopic (exact) mass is 269 g/mol. The molecule has 2 aliphatic rings. The summed E-state index contributed by atoms with van der Waals surface area (Å²) >= 11 is 0. The number of nitrogens with zero attached hydrogens (tertiary/aromatic N) is 2. The normalized spacial score (nSPS) is 22.6. The minimum atomic E-state index is 0.587. The number of aromatic amines is 1. The van der Waals surface area contributed by atoms with Crippen molar-refractivity contribution in [3.8, 4) is 5.75 Å². The maximum atomic E-state index is 5.38. The van der Waals surface area contributed by atoms with Crippen molar-refractivity contribution < 1.29 is 4.74 Å². The van der Waals surface area contributed by atoms with E-state index in [9.17, 15) is 0 Å². The Morgan fingerprint density at radius 2 is 2.20 bits per heavy atom. The lowest BCUT2D eigenvalue weighted by Gasteiger charge is -2.25. The molecule has 0 amide bonds. The number of hydrogen-bond donors (Lipinski definition) is 1. The fourth-order valence-corrected chi connectivity index (χ4v) is 3.47. The summed E-state index contributed by atoms with van der Waals surface area (Å²) in [5.74, 6) is 3.48. The molecule has 2 aliphatic carbocycles. The van der Waals surface area contributed by atoms with Crippen molar-refractivity contribution in [2.75, 3.05) is 7.11 Å². The number of benzene rings is 1. The Labute approximate surface area is 118 Å². The van der Waals surface area contributed by atoms with E-state index in [1.54, 1.807) is 7.11 Å². The van der Waals surface area contributed by atoms with Gasteiger partial charge in [0.1, 0.15) is 11.6 Å². The van der Waals surface area contributed by atoms with Crippen LogP contribution in [0.25, 0.3) is 0 Å². The van der Waals surface area contributed by atoms with Crippen LogP contribution in [0.3, 0.4) is 0 Å². The third-order valence-electron chi connectivity index (χ3n) is 4.95. The number of ether oxygens (including phenoxy) is 1. The van der Waals surface area contributed by atoms with Crippen molar-refractivity contribution in [3.05, 3.63) is 41.5 Å². The molecule has 1 heterocycles. The summed E-state index contributed by atoms with van der Waals surface area (Å²) in [5.41, 5.74) is 1.73. The second kappa shape index (κ2) is 4.33. The van der Waals surface area contributed by atoms with Crippen LogP contribution in [0.15, 0.2) is 24.3 Å². The van der Waals surface area contributed by atoms with Crippen LogP contribution >= 0.6 is 0 Å². The van der Waals surface area contributed by atoms with Crippen LogP contribution in [0, 0.1) is 5.41 Å². The molecule has 4 heteroatoms. The lowest BCUT2D eigenvalue weighted by atomic mass is 9.80. The minimum absolute atomic E-state index is 0.587. The summed E-state index contributed by atoms with van der Waals surface area (Å²) < 4.78 is 5.38. The number of hydrogen-bond acceptors (Lipinski definition) is 3. The van der Waals surface area contributed by atoms with E-state index in [1.807, 2.05) is 18.2 Å². The second-order valence-electron chi connectivity index (χ2n) is 6.10. The van der Waals surface area contributed by atoms with Crippen molar-refractivity contribution in [1.82, 2.24) is 15.2 Å². The smallest absolute Gasteiger partial charge is 0.154 e. The molecular weight excluding hydrogens is 250 g/mol. The van der Waals surface area contributed by atoms with Gasteiger partial charge < -0.3 is 4.74 Å². The van der Waals surface area contributed by atoms with Crippen LogP contribution < -0.4 is 4.74 Å². The maximum absolute atomic E-state index is 5.38. The Hall–Kier alpha value is -1.84. The van der Waals surface area contributed by atoms with Gasteiger partial charge in [-0.15, -0.1) is 0 Å². The number of aromatic nitrogens is 3. The predicted octanol–water partition coefficient (Wildman–Crippen LogP) is 3.06. The molecule has 0 unspecified atom stereocenters. The highest BCUT2D eigenvalue weighted by Gasteiger charge is 2.59. The SMILES string of the molecule is COc1ccccc1Cc1nc([C@H]2CC23CCC3)n[nH]1. The Balaban J connectivity index is 1.51. The topological polar surface area (TPSA) is 50.8 Å². The zero-order valence-electron chi connectivity index (χ0n) is 11.7. The Morgan fingerprint density at radius 1 is 1.35 bits per heavy atom. The first-order valence-electron chi connectivity index (χ1n) is 7.34. The first kappa shape index (κ1) is 11.9. The van der Waals surface area contributed by atoms with Crippen molar-refractivity contribution in [3.63, 3.8) is 0 Å². The molecule has 0 radical (unpaired) electrons.